The molecule has 0 radical (unpaired) electrons. The summed E-state index contributed by atoms with van der Waals surface area (Å²) in [6.45, 7) is 0. The molecule has 0 aromatic heterocycles. The molecule has 1 unspecified atom stereocenters. The fraction of sp³-hybridized carbons (Fsp3) is 0.188. The van der Waals surface area contributed by atoms with E-state index in [4.69, 9.17) is 23.2 Å². The normalized spacial score (nSPS) is 20.2. The van der Waals surface area contributed by atoms with E-state index in [1.54, 1.807) is 0 Å². The number of aryl methyl sites for hydroxylation is 1. The molecule has 0 amide bonds. The number of hydrogen-bond acceptors (Lipinski definition) is 2. The van der Waals surface area contributed by atoms with Gasteiger partial charge in [0, 0.05) is 15.7 Å². The zero-order valence-electron chi connectivity index (χ0n) is 10.7. The molecule has 2 aromatic rings. The summed E-state index contributed by atoms with van der Waals surface area (Å²) in [7, 11) is 0. The average molecular weight is 303 g/mol. The lowest BCUT2D eigenvalue weighted by molar-refractivity contribution is 0.621. The first-order chi connectivity index (χ1) is 9.63. The van der Waals surface area contributed by atoms with Crippen molar-refractivity contribution in [3.05, 3.63) is 63.6 Å². The summed E-state index contributed by atoms with van der Waals surface area (Å²) in [5, 5.41) is 14.4. The van der Waals surface area contributed by atoms with Crippen molar-refractivity contribution in [2.75, 3.05) is 5.32 Å². The van der Waals surface area contributed by atoms with Crippen LogP contribution in [0.2, 0.25) is 10.0 Å². The Bertz CT molecular complexity index is 689. The number of fused-ring (bicyclic) bond motifs is 1. The summed E-state index contributed by atoms with van der Waals surface area (Å²) >= 11 is 11.9. The van der Waals surface area contributed by atoms with Crippen molar-refractivity contribution < 1.29 is 0 Å². The van der Waals surface area contributed by atoms with Gasteiger partial charge in [-0.1, -0.05) is 29.3 Å². The van der Waals surface area contributed by atoms with E-state index in [2.05, 4.69) is 11.4 Å². The first-order valence-corrected chi connectivity index (χ1v) is 7.12. The maximum atomic E-state index is 9.68. The van der Waals surface area contributed by atoms with Gasteiger partial charge in [-0.25, -0.2) is 0 Å². The van der Waals surface area contributed by atoms with Crippen molar-refractivity contribution in [1.29, 1.82) is 5.26 Å². The molecule has 3 rings (SSSR count). The highest BCUT2D eigenvalue weighted by molar-refractivity contribution is 6.30. The molecule has 1 aliphatic carbocycles. The topological polar surface area (TPSA) is 35.8 Å². The van der Waals surface area contributed by atoms with E-state index < -0.39 is 5.54 Å². The predicted molar refractivity (Wildman–Crippen MR) is 82.1 cm³/mol. The molecule has 4 heteroatoms. The number of nitriles is 1. The Kier molecular flexibility index (Phi) is 3.33. The first kappa shape index (κ1) is 13.3. The quantitative estimate of drug-likeness (QED) is 0.867. The van der Waals surface area contributed by atoms with Crippen molar-refractivity contribution in [3.63, 3.8) is 0 Å². The van der Waals surface area contributed by atoms with E-state index in [1.807, 2.05) is 42.5 Å². The van der Waals surface area contributed by atoms with Crippen molar-refractivity contribution in [1.82, 2.24) is 0 Å². The summed E-state index contributed by atoms with van der Waals surface area (Å²) in [5.74, 6) is 0. The molecule has 2 aromatic carbocycles. The predicted octanol–water partition coefficient (Wildman–Crippen LogP) is 4.77. The summed E-state index contributed by atoms with van der Waals surface area (Å²) in [4.78, 5) is 0. The highest BCUT2D eigenvalue weighted by Crippen LogP contribution is 2.40. The molecule has 2 nitrogen and oxygen atoms in total. The number of halogens is 2. The number of anilines is 1. The van der Waals surface area contributed by atoms with Crippen LogP contribution in [0.1, 0.15) is 17.5 Å². The second-order valence-corrected chi connectivity index (χ2v) is 5.82. The maximum absolute atomic E-state index is 9.68. The molecule has 0 heterocycles. The number of nitrogens with zero attached hydrogens (tertiary/aromatic N) is 1. The molecule has 0 spiro atoms. The van der Waals surface area contributed by atoms with Crippen LogP contribution in [0.4, 0.5) is 5.69 Å². The lowest BCUT2D eigenvalue weighted by Gasteiger charge is -2.25. The smallest absolute Gasteiger partial charge is 0.151 e. The second kappa shape index (κ2) is 5.01. The van der Waals surface area contributed by atoms with Crippen LogP contribution in [0.15, 0.2) is 42.5 Å². The molecule has 20 heavy (non-hydrogen) atoms. The van der Waals surface area contributed by atoms with Gasteiger partial charge in [-0.05, 0) is 60.4 Å². The van der Waals surface area contributed by atoms with Crippen LogP contribution in [-0.4, -0.2) is 0 Å². The lowest BCUT2D eigenvalue weighted by Crippen LogP contribution is -2.31. The van der Waals surface area contributed by atoms with E-state index in [-0.39, 0.29) is 0 Å². The monoisotopic (exact) mass is 302 g/mol. The Balaban J connectivity index is 1.99. The van der Waals surface area contributed by atoms with Crippen LogP contribution < -0.4 is 5.32 Å². The van der Waals surface area contributed by atoms with Gasteiger partial charge in [-0.3, -0.25) is 0 Å². The minimum atomic E-state index is -0.687. The van der Waals surface area contributed by atoms with Crippen molar-refractivity contribution >= 4 is 28.9 Å². The second-order valence-electron chi connectivity index (χ2n) is 4.95. The van der Waals surface area contributed by atoms with Crippen molar-refractivity contribution in [3.8, 4) is 6.07 Å². The van der Waals surface area contributed by atoms with Gasteiger partial charge in [0.1, 0.15) is 0 Å². The summed E-state index contributed by atoms with van der Waals surface area (Å²) < 4.78 is 0. The molecular formula is C16H12Cl2N2. The van der Waals surface area contributed by atoms with Crippen LogP contribution >= 0.6 is 23.2 Å². The molecule has 100 valence electrons. The van der Waals surface area contributed by atoms with Crippen LogP contribution in [-0.2, 0) is 12.0 Å². The highest BCUT2D eigenvalue weighted by atomic mass is 35.5. The largest absolute Gasteiger partial charge is 0.364 e. The SMILES string of the molecule is N#CC1(Nc2ccc(Cl)cc2)CCc2cc(Cl)ccc21. The zero-order valence-corrected chi connectivity index (χ0v) is 12.2. The number of rotatable bonds is 2. The van der Waals surface area contributed by atoms with E-state index >= 15 is 0 Å². The molecular weight excluding hydrogens is 291 g/mol. The van der Waals surface area contributed by atoms with Gasteiger partial charge in [-0.15, -0.1) is 0 Å². The average Bonchev–Trinajstić information content (AvgIpc) is 2.80. The van der Waals surface area contributed by atoms with Crippen LogP contribution in [0, 0.1) is 11.3 Å². The number of nitrogens with one attached hydrogen (secondary N) is 1. The van der Waals surface area contributed by atoms with E-state index in [0.717, 1.165) is 29.7 Å². The molecule has 1 atom stereocenters. The first-order valence-electron chi connectivity index (χ1n) is 6.37. The fourth-order valence-corrected chi connectivity index (χ4v) is 3.02. The van der Waals surface area contributed by atoms with Gasteiger partial charge < -0.3 is 5.32 Å². The van der Waals surface area contributed by atoms with E-state index in [0.29, 0.717) is 10.0 Å². The molecule has 1 N–H and O–H groups in total. The van der Waals surface area contributed by atoms with Crippen LogP contribution in [0.5, 0.6) is 0 Å². The van der Waals surface area contributed by atoms with E-state index in [1.165, 1.54) is 0 Å². The van der Waals surface area contributed by atoms with E-state index in [9.17, 15) is 5.26 Å². The summed E-state index contributed by atoms with van der Waals surface area (Å²) in [6, 6.07) is 15.5. The molecule has 0 bridgehead atoms. The van der Waals surface area contributed by atoms with Gasteiger partial charge in [0.2, 0.25) is 0 Å². The van der Waals surface area contributed by atoms with Gasteiger partial charge in [0.05, 0.1) is 6.07 Å². The summed E-state index contributed by atoms with van der Waals surface area (Å²) in [6.07, 6.45) is 1.59. The van der Waals surface area contributed by atoms with Gasteiger partial charge in [0.15, 0.2) is 5.54 Å². The Morgan fingerprint density at radius 1 is 1.05 bits per heavy atom. The maximum Gasteiger partial charge on any atom is 0.151 e. The Morgan fingerprint density at radius 2 is 1.75 bits per heavy atom. The van der Waals surface area contributed by atoms with Gasteiger partial charge >= 0.3 is 0 Å². The molecule has 1 aliphatic rings. The third-order valence-electron chi connectivity index (χ3n) is 3.69. The Morgan fingerprint density at radius 3 is 2.45 bits per heavy atom. The standard InChI is InChI=1S/C16H12Cl2N2/c17-12-1-4-14(5-2-12)20-16(10-19)8-7-11-9-13(18)3-6-15(11)16/h1-6,9,20H,7-8H2. The molecule has 0 saturated carbocycles. The number of benzene rings is 2. The van der Waals surface area contributed by atoms with Crippen molar-refractivity contribution in [2.24, 2.45) is 0 Å². The third kappa shape index (κ3) is 2.24. The highest BCUT2D eigenvalue weighted by Gasteiger charge is 2.39. The molecule has 0 saturated heterocycles. The van der Waals surface area contributed by atoms with Crippen LogP contribution in [0.3, 0.4) is 0 Å². The summed E-state index contributed by atoms with van der Waals surface area (Å²) in [5.41, 5.74) is 2.35. The van der Waals surface area contributed by atoms with Crippen molar-refractivity contribution in [2.45, 2.75) is 18.4 Å². The van der Waals surface area contributed by atoms with Gasteiger partial charge in [-0.2, -0.15) is 5.26 Å². The van der Waals surface area contributed by atoms with Gasteiger partial charge in [0.25, 0.3) is 0 Å². The third-order valence-corrected chi connectivity index (χ3v) is 4.18. The molecule has 0 fully saturated rings. The lowest BCUT2D eigenvalue weighted by atomic mass is 9.93. The van der Waals surface area contributed by atoms with Crippen LogP contribution in [0.25, 0.3) is 0 Å². The Labute approximate surface area is 127 Å². The Hall–Kier alpha value is -1.69. The fourth-order valence-electron chi connectivity index (χ4n) is 2.70. The minimum absolute atomic E-state index is 0.681. The zero-order chi connectivity index (χ0) is 14.2. The number of hydrogen-bond donors (Lipinski definition) is 1. The molecule has 0 aliphatic heterocycles. The minimum Gasteiger partial charge on any atom is -0.364 e.